The average Bonchev–Trinajstić information content (AvgIpc) is 3.22. The number of nitrogens with zero attached hydrogens (tertiary/aromatic N) is 3. The van der Waals surface area contributed by atoms with Crippen LogP contribution in [0.1, 0.15) is 38.3 Å². The van der Waals surface area contributed by atoms with E-state index < -0.39 is 10.0 Å². The molecule has 0 saturated carbocycles. The molecule has 1 atom stereocenters. The van der Waals surface area contributed by atoms with Crippen LogP contribution in [0.2, 0.25) is 0 Å². The van der Waals surface area contributed by atoms with E-state index in [9.17, 15) is 8.42 Å². The minimum atomic E-state index is -3.43. The third-order valence-electron chi connectivity index (χ3n) is 4.88. The summed E-state index contributed by atoms with van der Waals surface area (Å²) in [6.45, 7) is 7.20. The first kappa shape index (κ1) is 21.2. The third kappa shape index (κ3) is 4.90. The molecule has 2 aromatic carbocycles. The van der Waals surface area contributed by atoms with Gasteiger partial charge in [0.05, 0.1) is 4.90 Å². The van der Waals surface area contributed by atoms with Gasteiger partial charge in [0, 0.05) is 24.2 Å². The van der Waals surface area contributed by atoms with Crippen LogP contribution in [0.25, 0.3) is 11.5 Å². The van der Waals surface area contributed by atoms with Gasteiger partial charge in [-0.15, -0.1) is 10.2 Å². The van der Waals surface area contributed by atoms with Crippen LogP contribution in [0, 0.1) is 0 Å². The first-order valence-electron chi connectivity index (χ1n) is 9.77. The molecule has 1 aromatic heterocycles. The van der Waals surface area contributed by atoms with Crippen molar-refractivity contribution in [1.29, 1.82) is 0 Å². The summed E-state index contributed by atoms with van der Waals surface area (Å²) in [6, 6.07) is 16.8. The summed E-state index contributed by atoms with van der Waals surface area (Å²) >= 11 is 0. The Hall–Kier alpha value is -2.55. The zero-order valence-corrected chi connectivity index (χ0v) is 17.8. The van der Waals surface area contributed by atoms with Gasteiger partial charge in [-0.2, -0.15) is 4.31 Å². The van der Waals surface area contributed by atoms with Crippen LogP contribution in [0.5, 0.6) is 0 Å². The van der Waals surface area contributed by atoms with Gasteiger partial charge in [0.15, 0.2) is 6.54 Å². The minimum Gasteiger partial charge on any atom is -0.415 e. The molecule has 0 fully saturated rings. The number of quaternary nitrogens is 1. The average molecular weight is 416 g/mol. The van der Waals surface area contributed by atoms with Gasteiger partial charge in [-0.1, -0.05) is 44.2 Å². The maximum absolute atomic E-state index is 12.6. The van der Waals surface area contributed by atoms with E-state index >= 15 is 0 Å². The van der Waals surface area contributed by atoms with Crippen molar-refractivity contribution < 1.29 is 18.2 Å². The minimum absolute atomic E-state index is 0.118. The summed E-state index contributed by atoms with van der Waals surface area (Å²) < 4.78 is 32.4. The van der Waals surface area contributed by atoms with Crippen LogP contribution in [0.4, 0.5) is 0 Å². The van der Waals surface area contributed by atoms with E-state index in [1.807, 2.05) is 56.3 Å². The molecule has 0 bridgehead atoms. The highest BCUT2D eigenvalue weighted by Crippen LogP contribution is 2.19. The van der Waals surface area contributed by atoms with Crippen LogP contribution < -0.4 is 5.32 Å². The fourth-order valence-corrected chi connectivity index (χ4v) is 4.56. The van der Waals surface area contributed by atoms with Crippen molar-refractivity contribution in [3.63, 3.8) is 0 Å². The Morgan fingerprint density at radius 2 is 1.66 bits per heavy atom. The molecule has 0 aliphatic carbocycles. The molecule has 3 aromatic rings. The molecule has 0 saturated heterocycles. The lowest BCUT2D eigenvalue weighted by Gasteiger charge is -2.18. The van der Waals surface area contributed by atoms with Gasteiger partial charge in [-0.05, 0) is 31.2 Å². The van der Waals surface area contributed by atoms with E-state index in [0.717, 1.165) is 11.1 Å². The first-order chi connectivity index (χ1) is 14.0. The molecule has 154 valence electrons. The molecule has 1 heterocycles. The fourth-order valence-electron chi connectivity index (χ4n) is 3.10. The second-order valence-electron chi connectivity index (χ2n) is 6.75. The second-order valence-corrected chi connectivity index (χ2v) is 8.69. The number of nitrogens with two attached hydrogens (primary N) is 1. The molecular formula is C21H27N4O3S+. The number of rotatable bonds is 9. The summed E-state index contributed by atoms with van der Waals surface area (Å²) in [6.07, 6.45) is 0. The highest BCUT2D eigenvalue weighted by molar-refractivity contribution is 7.89. The van der Waals surface area contributed by atoms with E-state index in [1.54, 1.807) is 12.1 Å². The zero-order valence-electron chi connectivity index (χ0n) is 16.9. The molecule has 0 aliphatic heterocycles. The van der Waals surface area contributed by atoms with Crippen molar-refractivity contribution in [3.8, 4) is 11.5 Å². The van der Waals surface area contributed by atoms with E-state index in [4.69, 9.17) is 4.42 Å². The molecule has 0 aliphatic rings. The van der Waals surface area contributed by atoms with E-state index in [2.05, 4.69) is 22.4 Å². The van der Waals surface area contributed by atoms with Crippen molar-refractivity contribution in [1.82, 2.24) is 14.5 Å². The monoisotopic (exact) mass is 415 g/mol. The Morgan fingerprint density at radius 3 is 2.28 bits per heavy atom. The quantitative estimate of drug-likeness (QED) is 0.580. The molecule has 0 radical (unpaired) electrons. The van der Waals surface area contributed by atoms with E-state index in [1.165, 1.54) is 4.31 Å². The van der Waals surface area contributed by atoms with Crippen molar-refractivity contribution in [2.45, 2.75) is 38.3 Å². The normalized spacial score (nSPS) is 13.0. The number of hydrogen-bond acceptors (Lipinski definition) is 5. The predicted octanol–water partition coefficient (Wildman–Crippen LogP) is 2.59. The highest BCUT2D eigenvalue weighted by atomic mass is 32.2. The summed E-state index contributed by atoms with van der Waals surface area (Å²) in [5.41, 5.74) is 1.93. The van der Waals surface area contributed by atoms with Gasteiger partial charge in [0.1, 0.15) is 6.04 Å². The lowest BCUT2D eigenvalue weighted by atomic mass is 10.1. The maximum Gasteiger partial charge on any atom is 0.271 e. The standard InChI is InChI=1S/C21H26N4O3S/c1-4-25(5-2)29(26,27)19-13-11-17(12-14-19)16(3)22-15-20-23-24-21(28-20)18-9-7-6-8-10-18/h6-14,16,22H,4-5,15H2,1-3H3/p+1/t16-/m1/s1. The van der Waals surface area contributed by atoms with Crippen LogP contribution in [0.15, 0.2) is 63.9 Å². The molecule has 0 unspecified atom stereocenters. The van der Waals surface area contributed by atoms with Gasteiger partial charge >= 0.3 is 0 Å². The number of sulfonamides is 1. The largest absolute Gasteiger partial charge is 0.415 e. The lowest BCUT2D eigenvalue weighted by molar-refractivity contribution is -0.709. The van der Waals surface area contributed by atoms with Crippen LogP contribution >= 0.6 is 0 Å². The maximum atomic E-state index is 12.6. The lowest BCUT2D eigenvalue weighted by Crippen LogP contribution is -2.83. The smallest absolute Gasteiger partial charge is 0.271 e. The topological polar surface area (TPSA) is 92.9 Å². The molecule has 7 nitrogen and oxygen atoms in total. The SMILES string of the molecule is CCN(CC)S(=O)(=O)c1ccc([C@@H](C)[NH2+]Cc2nnc(-c3ccccc3)o2)cc1. The first-order valence-corrected chi connectivity index (χ1v) is 11.2. The fraction of sp³-hybridized carbons (Fsp3) is 0.333. The molecule has 0 spiro atoms. The van der Waals surface area contributed by atoms with Crippen LogP contribution in [-0.4, -0.2) is 36.0 Å². The zero-order chi connectivity index (χ0) is 20.9. The Bertz CT molecular complexity index is 1010. The number of hydrogen-bond donors (Lipinski definition) is 1. The summed E-state index contributed by atoms with van der Waals surface area (Å²) in [5, 5.41) is 10.3. The van der Waals surface area contributed by atoms with Gasteiger partial charge in [-0.25, -0.2) is 8.42 Å². The van der Waals surface area contributed by atoms with Crippen molar-refractivity contribution in [2.24, 2.45) is 0 Å². The number of benzene rings is 2. The molecule has 2 N–H and O–H groups in total. The van der Waals surface area contributed by atoms with Gasteiger partial charge < -0.3 is 9.73 Å². The van der Waals surface area contributed by atoms with Gasteiger partial charge in [0.2, 0.25) is 15.9 Å². The summed E-state index contributed by atoms with van der Waals surface area (Å²) in [7, 11) is -3.43. The molecule has 3 rings (SSSR count). The highest BCUT2D eigenvalue weighted by Gasteiger charge is 2.22. The molecule has 8 heteroatoms. The second kappa shape index (κ2) is 9.30. The Balaban J connectivity index is 1.63. The van der Waals surface area contributed by atoms with E-state index in [-0.39, 0.29) is 6.04 Å². The summed E-state index contributed by atoms with van der Waals surface area (Å²) in [5.74, 6) is 1.06. The molecular weight excluding hydrogens is 388 g/mol. The van der Waals surface area contributed by atoms with Crippen molar-refractivity contribution >= 4 is 10.0 Å². The van der Waals surface area contributed by atoms with Crippen molar-refractivity contribution in [2.75, 3.05) is 13.1 Å². The predicted molar refractivity (Wildman–Crippen MR) is 110 cm³/mol. The third-order valence-corrected chi connectivity index (χ3v) is 6.95. The molecule has 29 heavy (non-hydrogen) atoms. The Kier molecular flexibility index (Phi) is 6.79. The summed E-state index contributed by atoms with van der Waals surface area (Å²) in [4.78, 5) is 0.321. The Morgan fingerprint density at radius 1 is 1.00 bits per heavy atom. The van der Waals surface area contributed by atoms with Crippen molar-refractivity contribution in [3.05, 3.63) is 66.1 Å². The van der Waals surface area contributed by atoms with Crippen LogP contribution in [-0.2, 0) is 16.6 Å². The molecule has 0 amide bonds. The number of aromatic nitrogens is 2. The van der Waals surface area contributed by atoms with Gasteiger partial charge in [0.25, 0.3) is 5.89 Å². The van der Waals surface area contributed by atoms with Crippen LogP contribution in [0.3, 0.4) is 0 Å². The Labute approximate surface area is 171 Å². The van der Waals surface area contributed by atoms with Gasteiger partial charge in [-0.3, -0.25) is 0 Å². The van der Waals surface area contributed by atoms with E-state index in [0.29, 0.717) is 36.3 Å².